The Kier molecular flexibility index (Phi) is 5.26. The molecule has 2 aromatic rings. The van der Waals surface area contributed by atoms with Crippen molar-refractivity contribution in [2.45, 2.75) is 17.9 Å². The fraction of sp³-hybridized carbons (Fsp3) is 0.250. The Morgan fingerprint density at radius 3 is 2.86 bits per heavy atom. The maximum atomic E-state index is 12.3. The van der Waals surface area contributed by atoms with Gasteiger partial charge in [0.2, 0.25) is 0 Å². The molecule has 0 saturated carbocycles. The van der Waals surface area contributed by atoms with Gasteiger partial charge in [-0.25, -0.2) is 8.42 Å². The van der Waals surface area contributed by atoms with Gasteiger partial charge in [-0.05, 0) is 31.2 Å². The average Bonchev–Trinajstić information content (AvgIpc) is 2.89. The summed E-state index contributed by atoms with van der Waals surface area (Å²) in [6, 6.07) is 4.90. The van der Waals surface area contributed by atoms with E-state index in [1.54, 1.807) is 22.9 Å². The van der Waals surface area contributed by atoms with Crippen molar-refractivity contribution in [3.63, 3.8) is 0 Å². The number of nitrogens with one attached hydrogen (secondary N) is 1. The molecular formula is C12H14BrClN4O2S. The molecule has 0 saturated heterocycles. The molecule has 2 rings (SSSR count). The predicted molar refractivity (Wildman–Crippen MR) is 85.9 cm³/mol. The van der Waals surface area contributed by atoms with E-state index in [1.807, 2.05) is 0 Å². The first-order chi connectivity index (χ1) is 9.92. The van der Waals surface area contributed by atoms with Crippen LogP contribution in [0.25, 0.3) is 0 Å². The number of aryl methyl sites for hydroxylation is 1. The van der Waals surface area contributed by atoms with Crippen molar-refractivity contribution in [1.29, 1.82) is 0 Å². The summed E-state index contributed by atoms with van der Waals surface area (Å²) in [7, 11) is -3.72. The van der Waals surface area contributed by atoms with E-state index in [-0.39, 0.29) is 4.90 Å². The van der Waals surface area contributed by atoms with Crippen molar-refractivity contribution < 1.29 is 8.42 Å². The van der Waals surface area contributed by atoms with Crippen LogP contribution in [0.15, 0.2) is 40.0 Å². The van der Waals surface area contributed by atoms with Crippen LogP contribution in [-0.4, -0.2) is 24.7 Å². The van der Waals surface area contributed by atoms with Crippen molar-refractivity contribution in [1.82, 2.24) is 9.78 Å². The Morgan fingerprint density at radius 1 is 1.43 bits per heavy atom. The highest BCUT2D eigenvalue weighted by Gasteiger charge is 2.18. The van der Waals surface area contributed by atoms with E-state index in [0.717, 1.165) is 10.9 Å². The number of sulfonamides is 1. The molecule has 114 valence electrons. The standard InChI is InChI=1S/C12H14BrClN4O2S/c13-9-2-3-12(11(14)6-9)17-21(19,20)10-7-16-18(8-10)5-1-4-15/h2-3,6-8,17H,1,4-5,15H2. The van der Waals surface area contributed by atoms with Crippen LogP contribution >= 0.6 is 27.5 Å². The third kappa shape index (κ3) is 4.19. The summed E-state index contributed by atoms with van der Waals surface area (Å²) in [5, 5.41) is 4.31. The van der Waals surface area contributed by atoms with Crippen molar-refractivity contribution in [3.8, 4) is 0 Å². The van der Waals surface area contributed by atoms with Crippen LogP contribution in [0, 0.1) is 0 Å². The van der Waals surface area contributed by atoms with E-state index < -0.39 is 10.0 Å². The number of nitrogens with zero attached hydrogens (tertiary/aromatic N) is 2. The zero-order chi connectivity index (χ0) is 15.5. The number of nitrogens with two attached hydrogens (primary N) is 1. The van der Waals surface area contributed by atoms with Gasteiger partial charge < -0.3 is 5.73 Å². The van der Waals surface area contributed by atoms with Crippen LogP contribution in [0.2, 0.25) is 5.02 Å². The maximum absolute atomic E-state index is 12.3. The molecule has 0 aliphatic carbocycles. The summed E-state index contributed by atoms with van der Waals surface area (Å²) < 4.78 is 29.3. The first-order valence-corrected chi connectivity index (χ1v) is 8.78. The third-order valence-corrected chi connectivity index (χ3v) is 4.81. The number of anilines is 1. The van der Waals surface area contributed by atoms with Crippen molar-refractivity contribution in [2.75, 3.05) is 11.3 Å². The van der Waals surface area contributed by atoms with Gasteiger partial charge >= 0.3 is 0 Å². The second kappa shape index (κ2) is 6.78. The van der Waals surface area contributed by atoms with Crippen LogP contribution in [-0.2, 0) is 16.6 Å². The highest BCUT2D eigenvalue weighted by molar-refractivity contribution is 9.10. The Bertz CT molecular complexity index is 733. The molecule has 1 heterocycles. The zero-order valence-electron chi connectivity index (χ0n) is 11.0. The average molecular weight is 394 g/mol. The fourth-order valence-corrected chi connectivity index (χ4v) is 3.44. The highest BCUT2D eigenvalue weighted by Crippen LogP contribution is 2.27. The van der Waals surface area contributed by atoms with Gasteiger partial charge in [-0.1, -0.05) is 27.5 Å². The van der Waals surface area contributed by atoms with Crippen LogP contribution in [0.4, 0.5) is 5.69 Å². The van der Waals surface area contributed by atoms with Gasteiger partial charge in [0.1, 0.15) is 4.90 Å². The number of hydrogen-bond acceptors (Lipinski definition) is 4. The van der Waals surface area contributed by atoms with Crippen LogP contribution in [0.5, 0.6) is 0 Å². The summed E-state index contributed by atoms with van der Waals surface area (Å²) in [6.45, 7) is 1.10. The Balaban J connectivity index is 2.19. The summed E-state index contributed by atoms with van der Waals surface area (Å²) in [4.78, 5) is 0.0820. The minimum absolute atomic E-state index is 0.0820. The van der Waals surface area contributed by atoms with E-state index in [0.29, 0.717) is 23.8 Å². The largest absolute Gasteiger partial charge is 0.330 e. The SMILES string of the molecule is NCCCn1cc(S(=O)(=O)Nc2ccc(Br)cc2Cl)cn1. The number of aromatic nitrogens is 2. The third-order valence-electron chi connectivity index (χ3n) is 2.69. The van der Waals surface area contributed by atoms with E-state index in [9.17, 15) is 8.42 Å². The molecule has 1 aromatic heterocycles. The topological polar surface area (TPSA) is 90.0 Å². The molecule has 0 amide bonds. The van der Waals surface area contributed by atoms with Crippen LogP contribution < -0.4 is 10.5 Å². The lowest BCUT2D eigenvalue weighted by atomic mass is 10.3. The lowest BCUT2D eigenvalue weighted by molar-refractivity contribution is 0.582. The van der Waals surface area contributed by atoms with Crippen LogP contribution in [0.3, 0.4) is 0 Å². The molecule has 0 atom stereocenters. The summed E-state index contributed by atoms with van der Waals surface area (Å²) in [5.41, 5.74) is 5.72. The smallest absolute Gasteiger partial charge is 0.265 e. The lowest BCUT2D eigenvalue weighted by Gasteiger charge is -2.08. The number of hydrogen-bond donors (Lipinski definition) is 2. The quantitative estimate of drug-likeness (QED) is 0.789. The van der Waals surface area contributed by atoms with Gasteiger partial charge in [0, 0.05) is 17.2 Å². The molecule has 6 nitrogen and oxygen atoms in total. The first-order valence-electron chi connectivity index (χ1n) is 6.13. The predicted octanol–water partition coefficient (Wildman–Crippen LogP) is 2.45. The minimum Gasteiger partial charge on any atom is -0.330 e. The number of benzene rings is 1. The molecular weight excluding hydrogens is 380 g/mol. The van der Waals surface area contributed by atoms with Gasteiger partial charge in [-0.15, -0.1) is 0 Å². The van der Waals surface area contributed by atoms with Crippen LogP contribution in [0.1, 0.15) is 6.42 Å². The van der Waals surface area contributed by atoms with Crippen molar-refractivity contribution in [3.05, 3.63) is 40.1 Å². The Labute approximate surface area is 136 Å². The molecule has 0 unspecified atom stereocenters. The van der Waals surface area contributed by atoms with Crippen molar-refractivity contribution >= 4 is 43.2 Å². The van der Waals surface area contributed by atoms with Gasteiger partial charge in [0.25, 0.3) is 10.0 Å². The fourth-order valence-electron chi connectivity index (χ4n) is 1.63. The Morgan fingerprint density at radius 2 is 2.19 bits per heavy atom. The molecule has 1 aromatic carbocycles. The summed E-state index contributed by atoms with van der Waals surface area (Å²) in [6.07, 6.45) is 3.49. The highest BCUT2D eigenvalue weighted by atomic mass is 79.9. The van der Waals surface area contributed by atoms with Crippen molar-refractivity contribution in [2.24, 2.45) is 5.73 Å². The first kappa shape index (κ1) is 16.3. The lowest BCUT2D eigenvalue weighted by Crippen LogP contribution is -2.12. The molecule has 9 heteroatoms. The molecule has 0 aliphatic heterocycles. The van der Waals surface area contributed by atoms with E-state index >= 15 is 0 Å². The molecule has 0 bridgehead atoms. The number of halogens is 2. The second-order valence-corrected chi connectivity index (χ2v) is 7.32. The molecule has 3 N–H and O–H groups in total. The van der Waals surface area contributed by atoms with E-state index in [4.69, 9.17) is 17.3 Å². The van der Waals surface area contributed by atoms with E-state index in [2.05, 4.69) is 25.8 Å². The summed E-state index contributed by atoms with van der Waals surface area (Å²) >= 11 is 9.27. The van der Waals surface area contributed by atoms with Gasteiger partial charge in [-0.3, -0.25) is 9.40 Å². The Hall–Kier alpha value is -1.09. The van der Waals surface area contributed by atoms with Gasteiger partial charge in [-0.2, -0.15) is 5.10 Å². The molecule has 21 heavy (non-hydrogen) atoms. The normalized spacial score (nSPS) is 11.6. The van der Waals surface area contributed by atoms with E-state index in [1.165, 1.54) is 12.4 Å². The maximum Gasteiger partial charge on any atom is 0.265 e. The molecule has 0 fully saturated rings. The second-order valence-electron chi connectivity index (χ2n) is 4.31. The van der Waals surface area contributed by atoms with Gasteiger partial charge in [0.15, 0.2) is 0 Å². The molecule has 0 radical (unpaired) electrons. The van der Waals surface area contributed by atoms with Gasteiger partial charge in [0.05, 0.1) is 16.9 Å². The summed E-state index contributed by atoms with van der Waals surface area (Å²) in [5.74, 6) is 0. The molecule has 0 spiro atoms. The number of rotatable bonds is 6. The molecule has 0 aliphatic rings. The minimum atomic E-state index is -3.72. The monoisotopic (exact) mass is 392 g/mol. The zero-order valence-corrected chi connectivity index (χ0v) is 14.1.